The Kier molecular flexibility index (Phi) is 9.57. The van der Waals surface area contributed by atoms with Crippen LogP contribution in [0.25, 0.3) is 0 Å². The maximum atomic E-state index is 14.7. The van der Waals surface area contributed by atoms with Gasteiger partial charge in [-0.2, -0.15) is 0 Å². The van der Waals surface area contributed by atoms with Crippen LogP contribution in [-0.2, 0) is 62.0 Å². The summed E-state index contributed by atoms with van der Waals surface area (Å²) in [5, 5.41) is 10.9. The van der Waals surface area contributed by atoms with Gasteiger partial charge >= 0.3 is 23.9 Å². The number of carbonyl (C=O) groups excluding carboxylic acids is 8. The number of nitrogens with one attached hydrogen (secondary N) is 4. The van der Waals surface area contributed by atoms with Gasteiger partial charge in [0.25, 0.3) is 11.8 Å². The van der Waals surface area contributed by atoms with Gasteiger partial charge in [-0.25, -0.2) is 9.59 Å². The van der Waals surface area contributed by atoms with Gasteiger partial charge in [0.1, 0.15) is 25.2 Å². The summed E-state index contributed by atoms with van der Waals surface area (Å²) in [4.78, 5) is 106. The van der Waals surface area contributed by atoms with E-state index in [9.17, 15) is 38.4 Å². The molecule has 6 fully saturated rings. The highest BCUT2D eigenvalue weighted by atomic mass is 16.6. The van der Waals surface area contributed by atoms with Crippen LogP contribution in [-0.4, -0.2) is 112 Å². The fraction of sp³-hybridized carbons (Fsp3) is 0.765. The molecule has 0 aromatic rings. The van der Waals surface area contributed by atoms with E-state index in [-0.39, 0.29) is 23.7 Å². The molecule has 4 saturated carbocycles. The minimum atomic E-state index is -1.67. The zero-order valence-electron chi connectivity index (χ0n) is 29.5. The van der Waals surface area contributed by atoms with Crippen molar-refractivity contribution in [2.45, 2.75) is 62.8 Å². The van der Waals surface area contributed by atoms with E-state index in [4.69, 9.17) is 23.7 Å². The fourth-order valence-corrected chi connectivity index (χ4v) is 11.3. The highest BCUT2D eigenvalue weighted by molar-refractivity contribution is 5.97. The molecule has 6 rings (SSSR count). The molecule has 17 nitrogen and oxygen atoms in total. The quantitative estimate of drug-likeness (QED) is 0.129. The van der Waals surface area contributed by atoms with E-state index in [1.807, 2.05) is 0 Å². The molecule has 17 heteroatoms. The van der Waals surface area contributed by atoms with Crippen LogP contribution in [0.1, 0.15) is 39.5 Å². The highest BCUT2D eigenvalue weighted by Gasteiger charge is 2.89. The van der Waals surface area contributed by atoms with E-state index in [2.05, 4.69) is 21.3 Å². The minimum absolute atomic E-state index is 0.268. The lowest BCUT2D eigenvalue weighted by Gasteiger charge is -2.51. The second-order valence-electron chi connectivity index (χ2n) is 14.8. The van der Waals surface area contributed by atoms with Crippen LogP contribution in [0.2, 0.25) is 0 Å². The summed E-state index contributed by atoms with van der Waals surface area (Å²) in [7, 11) is 4.82. The first-order valence-electron chi connectivity index (χ1n) is 17.4. The van der Waals surface area contributed by atoms with Crippen molar-refractivity contribution in [1.82, 2.24) is 21.3 Å². The molecule has 0 aromatic carbocycles. The van der Waals surface area contributed by atoms with Crippen LogP contribution in [0, 0.1) is 59.2 Å². The lowest BCUT2D eigenvalue weighted by atomic mass is 9.48. The van der Waals surface area contributed by atoms with E-state index >= 15 is 0 Å². The molecular weight excluding hydrogens is 672 g/mol. The van der Waals surface area contributed by atoms with Gasteiger partial charge in [-0.15, -0.1) is 0 Å². The molecule has 6 bridgehead atoms. The van der Waals surface area contributed by atoms with Crippen molar-refractivity contribution >= 4 is 47.5 Å². The summed E-state index contributed by atoms with van der Waals surface area (Å²) in [5.41, 5.74) is -3.34. The summed E-state index contributed by atoms with van der Waals surface area (Å²) >= 11 is 0. The van der Waals surface area contributed by atoms with Crippen LogP contribution in [0.3, 0.4) is 0 Å². The van der Waals surface area contributed by atoms with Crippen LogP contribution in [0.4, 0.5) is 0 Å². The summed E-state index contributed by atoms with van der Waals surface area (Å²) in [5.74, 6) is -9.65. The van der Waals surface area contributed by atoms with E-state index in [1.54, 1.807) is 0 Å². The van der Waals surface area contributed by atoms with E-state index in [0.29, 0.717) is 25.7 Å². The first kappa shape index (κ1) is 36.5. The predicted molar refractivity (Wildman–Crippen MR) is 169 cm³/mol. The van der Waals surface area contributed by atoms with Gasteiger partial charge in [0.05, 0.1) is 28.4 Å². The number of rotatable bonds is 12. The van der Waals surface area contributed by atoms with Crippen molar-refractivity contribution in [2.24, 2.45) is 59.2 Å². The van der Waals surface area contributed by atoms with E-state index in [0.717, 1.165) is 0 Å². The maximum Gasteiger partial charge on any atom is 0.328 e. The SMILES string of the molecule is COC(=O)CNC(=O)[C@]12O[C@](C(=O)NCC(=O)OC)([C@@H]3[C@@H]4C[C@@H](C[C@@H]4C(=O)N[C@@H](C)C(=O)OC)[C@@H]31)[C@H]1[C@H]3C[C@@H]([C@H]12)[C@@H](C(=O)N[C@@H](C)C(=O)OC)C3. The molecule has 0 spiro atoms. The summed E-state index contributed by atoms with van der Waals surface area (Å²) in [6.45, 7) is 2.11. The normalized spacial score (nSPS) is 38.4. The molecule has 0 unspecified atom stereocenters. The first-order valence-corrected chi connectivity index (χ1v) is 17.4. The highest BCUT2D eigenvalue weighted by Crippen LogP contribution is 2.80. The van der Waals surface area contributed by atoms with Gasteiger partial charge in [-0.1, -0.05) is 0 Å². The van der Waals surface area contributed by atoms with Crippen molar-refractivity contribution in [1.29, 1.82) is 0 Å². The van der Waals surface area contributed by atoms with Gasteiger partial charge in [0.15, 0.2) is 11.2 Å². The third-order valence-electron chi connectivity index (χ3n) is 12.8. The number of hydrogen-bond acceptors (Lipinski definition) is 13. The molecule has 51 heavy (non-hydrogen) atoms. The molecule has 2 aliphatic heterocycles. The Morgan fingerprint density at radius 1 is 0.588 bits per heavy atom. The molecule has 6 aliphatic rings. The van der Waals surface area contributed by atoms with Gasteiger partial charge < -0.3 is 45.0 Å². The molecule has 280 valence electrons. The number of amides is 4. The monoisotopic (exact) mass is 718 g/mol. The summed E-state index contributed by atoms with van der Waals surface area (Å²) in [6, 6.07) is -1.83. The molecular formula is C34H46N4O13. The van der Waals surface area contributed by atoms with Gasteiger partial charge in [0, 0.05) is 35.5 Å². The third-order valence-corrected chi connectivity index (χ3v) is 12.8. The first-order chi connectivity index (χ1) is 24.2. The molecule has 4 N–H and O–H groups in total. The Hall–Kier alpha value is -4.28. The largest absolute Gasteiger partial charge is 0.468 e. The minimum Gasteiger partial charge on any atom is -0.468 e. The lowest BCUT2D eigenvalue weighted by Crippen LogP contribution is -2.66. The number of fused-ring (bicyclic) bond motifs is 16. The fourth-order valence-electron chi connectivity index (χ4n) is 11.3. The second-order valence-corrected chi connectivity index (χ2v) is 14.8. The number of hydrogen-bond donors (Lipinski definition) is 4. The maximum absolute atomic E-state index is 14.7. The average molecular weight is 719 g/mol. The standard InChI is InChI=1S/C34H46N4O13/c1-13(29(43)49-5)37-27(41)19-9-15-7-17(19)25-23(15)34(32(46)36-12-22(40)48-4)26-18-8-16(10-20(18)28(42)38-14(2)30(44)50-6)24(26)33(25,51-34)31(45)35-11-21(39)47-3/h13-20,23-26H,7-12H2,1-6H3,(H,35,45)(H,36,46)(H,37,41)(H,38,42)/t13-,14-,15-,16-,17+,18+,19-,20-,23-,24-,25+,26+,33-,34-/m0/s1. The molecule has 2 saturated heterocycles. The predicted octanol–water partition coefficient (Wildman–Crippen LogP) is -1.78. The van der Waals surface area contributed by atoms with Crippen LogP contribution in [0.5, 0.6) is 0 Å². The van der Waals surface area contributed by atoms with Crippen molar-refractivity contribution in [3.63, 3.8) is 0 Å². The zero-order valence-corrected chi connectivity index (χ0v) is 29.5. The molecule has 14 atom stereocenters. The van der Waals surface area contributed by atoms with Crippen LogP contribution in [0.15, 0.2) is 0 Å². The van der Waals surface area contributed by atoms with Crippen LogP contribution < -0.4 is 21.3 Å². The molecule has 2 heterocycles. The Balaban J connectivity index is 1.41. The Morgan fingerprint density at radius 3 is 1.29 bits per heavy atom. The molecule has 4 aliphatic carbocycles. The van der Waals surface area contributed by atoms with E-state index in [1.165, 1.54) is 42.3 Å². The number of carbonyl (C=O) groups is 8. The van der Waals surface area contributed by atoms with Crippen LogP contribution >= 0.6 is 0 Å². The van der Waals surface area contributed by atoms with E-state index < -0.39 is 119 Å². The smallest absolute Gasteiger partial charge is 0.328 e. The van der Waals surface area contributed by atoms with Crippen molar-refractivity contribution < 1.29 is 62.0 Å². The van der Waals surface area contributed by atoms with Gasteiger partial charge in [-0.3, -0.25) is 28.8 Å². The number of esters is 4. The Labute approximate surface area is 294 Å². The van der Waals surface area contributed by atoms with Crippen molar-refractivity contribution in [3.05, 3.63) is 0 Å². The van der Waals surface area contributed by atoms with Crippen molar-refractivity contribution in [3.8, 4) is 0 Å². The third kappa shape index (κ3) is 5.36. The number of ether oxygens (including phenoxy) is 5. The molecule has 0 aromatic heterocycles. The average Bonchev–Trinajstić information content (AvgIpc) is 3.97. The van der Waals surface area contributed by atoms with Crippen molar-refractivity contribution in [2.75, 3.05) is 41.5 Å². The summed E-state index contributed by atoms with van der Waals surface area (Å²) < 4.78 is 26.1. The Bertz CT molecular complexity index is 1430. The number of methoxy groups -OCH3 is 4. The second kappa shape index (κ2) is 13.4. The molecule has 0 radical (unpaired) electrons. The topological polar surface area (TPSA) is 231 Å². The zero-order chi connectivity index (χ0) is 37.2. The van der Waals surface area contributed by atoms with Gasteiger partial charge in [0.2, 0.25) is 11.8 Å². The summed E-state index contributed by atoms with van der Waals surface area (Å²) in [6.07, 6.45) is 1.70. The Morgan fingerprint density at radius 2 is 0.961 bits per heavy atom. The molecule has 4 amide bonds. The lowest BCUT2D eigenvalue weighted by molar-refractivity contribution is -0.166. The van der Waals surface area contributed by atoms with Gasteiger partial charge in [-0.05, 0) is 63.2 Å².